The Morgan fingerprint density at radius 1 is 1.08 bits per heavy atom. The molecule has 0 aromatic heterocycles. The molecule has 0 spiro atoms. The Bertz CT molecular complexity index is 777. The standard InChI is InChI=1S/C20H21ClO5/c1-13-9-7-5-4-6-8-10-14(22)11-15-18(20(23)26-13)16(24-2)12-17(25-3)19(15)21/h4-8,10,12-13H,9,11H2,1-3H3/b6-4-,7-5+,10-8+. The summed E-state index contributed by atoms with van der Waals surface area (Å²) >= 11 is 6.38. The van der Waals surface area contributed by atoms with Gasteiger partial charge in [0.1, 0.15) is 23.2 Å². The van der Waals surface area contributed by atoms with Crippen LogP contribution in [0.5, 0.6) is 11.5 Å². The number of ether oxygens (including phenoxy) is 3. The Balaban J connectivity index is 2.60. The van der Waals surface area contributed by atoms with Gasteiger partial charge in [0.05, 0.1) is 19.2 Å². The average molecular weight is 377 g/mol. The van der Waals surface area contributed by atoms with Gasteiger partial charge in [-0.1, -0.05) is 42.0 Å². The maximum atomic E-state index is 12.8. The number of ketones is 1. The van der Waals surface area contributed by atoms with Crippen LogP contribution in [0.15, 0.2) is 42.5 Å². The van der Waals surface area contributed by atoms with Crippen molar-refractivity contribution < 1.29 is 23.8 Å². The van der Waals surface area contributed by atoms with Crippen molar-refractivity contribution in [2.45, 2.75) is 25.9 Å². The van der Waals surface area contributed by atoms with E-state index in [0.717, 1.165) is 0 Å². The minimum Gasteiger partial charge on any atom is -0.496 e. The maximum absolute atomic E-state index is 12.8. The van der Waals surface area contributed by atoms with Crippen LogP contribution in [0.2, 0.25) is 5.02 Å². The fourth-order valence-corrected chi connectivity index (χ4v) is 2.82. The summed E-state index contributed by atoms with van der Waals surface area (Å²) in [5, 5.41) is 0.192. The third-order valence-corrected chi connectivity index (χ3v) is 4.23. The SMILES string of the molecule is COc1cc(OC)c2c(c1Cl)CC(=O)/C=C/C=C\C=C\CC(C)OC2=O. The van der Waals surface area contributed by atoms with Gasteiger partial charge < -0.3 is 14.2 Å². The van der Waals surface area contributed by atoms with Crippen LogP contribution >= 0.6 is 11.6 Å². The third kappa shape index (κ3) is 4.76. The molecular weight excluding hydrogens is 356 g/mol. The lowest BCUT2D eigenvalue weighted by Gasteiger charge is -2.18. The van der Waals surface area contributed by atoms with Crippen LogP contribution in [0.3, 0.4) is 0 Å². The van der Waals surface area contributed by atoms with E-state index < -0.39 is 5.97 Å². The second-order valence-corrected chi connectivity index (χ2v) is 6.09. The van der Waals surface area contributed by atoms with E-state index in [1.807, 2.05) is 12.2 Å². The van der Waals surface area contributed by atoms with E-state index in [0.29, 0.717) is 17.7 Å². The number of carbonyl (C=O) groups excluding carboxylic acids is 2. The zero-order chi connectivity index (χ0) is 19.1. The molecule has 0 radical (unpaired) electrons. The van der Waals surface area contributed by atoms with Gasteiger partial charge in [-0.3, -0.25) is 4.79 Å². The Labute approximate surface area is 157 Å². The molecule has 26 heavy (non-hydrogen) atoms. The second kappa shape index (κ2) is 9.25. The first-order chi connectivity index (χ1) is 12.5. The van der Waals surface area contributed by atoms with Crippen LogP contribution in [0.1, 0.15) is 29.3 Å². The molecule has 2 rings (SSSR count). The Kier molecular flexibility index (Phi) is 7.04. The van der Waals surface area contributed by atoms with Crippen molar-refractivity contribution in [2.24, 2.45) is 0 Å². The highest BCUT2D eigenvalue weighted by Gasteiger charge is 2.26. The maximum Gasteiger partial charge on any atom is 0.342 e. The highest BCUT2D eigenvalue weighted by atomic mass is 35.5. The minimum atomic E-state index is -0.591. The number of fused-ring (bicyclic) bond motifs is 1. The monoisotopic (exact) mass is 376 g/mol. The summed E-state index contributed by atoms with van der Waals surface area (Å²) in [4.78, 5) is 25.1. The number of carbonyl (C=O) groups is 2. The van der Waals surface area contributed by atoms with Crippen molar-refractivity contribution in [1.82, 2.24) is 0 Å². The van der Waals surface area contributed by atoms with E-state index in [1.165, 1.54) is 26.4 Å². The van der Waals surface area contributed by atoms with E-state index in [-0.39, 0.29) is 34.6 Å². The molecule has 1 atom stereocenters. The summed E-state index contributed by atoms with van der Waals surface area (Å²) in [7, 11) is 2.88. The molecule has 0 saturated heterocycles. The summed E-state index contributed by atoms with van der Waals surface area (Å²) in [6.45, 7) is 1.79. The number of hydrogen-bond acceptors (Lipinski definition) is 5. The summed E-state index contributed by atoms with van der Waals surface area (Å²) in [6, 6.07) is 1.51. The van der Waals surface area contributed by atoms with Gasteiger partial charge >= 0.3 is 5.97 Å². The van der Waals surface area contributed by atoms with Gasteiger partial charge in [-0.2, -0.15) is 0 Å². The number of allylic oxidation sites excluding steroid dienone is 5. The first-order valence-corrected chi connectivity index (χ1v) is 8.52. The molecule has 0 amide bonds. The summed E-state index contributed by atoms with van der Waals surface area (Å²) in [6.07, 6.45) is 10.5. The highest BCUT2D eigenvalue weighted by Crippen LogP contribution is 2.38. The van der Waals surface area contributed by atoms with E-state index in [9.17, 15) is 9.59 Å². The lowest BCUT2D eigenvalue weighted by Crippen LogP contribution is -2.18. The van der Waals surface area contributed by atoms with Gasteiger partial charge in [-0.25, -0.2) is 4.79 Å². The topological polar surface area (TPSA) is 61.8 Å². The van der Waals surface area contributed by atoms with Gasteiger partial charge in [0, 0.05) is 24.5 Å². The Hall–Kier alpha value is -2.53. The van der Waals surface area contributed by atoms with Crippen molar-refractivity contribution in [3.05, 3.63) is 58.7 Å². The third-order valence-electron chi connectivity index (χ3n) is 3.81. The molecule has 5 nitrogen and oxygen atoms in total. The van der Waals surface area contributed by atoms with Crippen molar-refractivity contribution in [3.63, 3.8) is 0 Å². The van der Waals surface area contributed by atoms with Gasteiger partial charge in [-0.05, 0) is 13.0 Å². The lowest BCUT2D eigenvalue weighted by atomic mass is 9.99. The van der Waals surface area contributed by atoms with Crippen molar-refractivity contribution in [1.29, 1.82) is 0 Å². The quantitative estimate of drug-likeness (QED) is 0.727. The van der Waals surface area contributed by atoms with Crippen molar-refractivity contribution in [2.75, 3.05) is 14.2 Å². The molecule has 1 heterocycles. The molecule has 0 fully saturated rings. The molecule has 1 aliphatic rings. The summed E-state index contributed by atoms with van der Waals surface area (Å²) in [5.74, 6) is -0.233. The second-order valence-electron chi connectivity index (χ2n) is 5.72. The Morgan fingerprint density at radius 2 is 1.77 bits per heavy atom. The molecule has 1 aliphatic heterocycles. The van der Waals surface area contributed by atoms with Crippen LogP contribution in [0.4, 0.5) is 0 Å². The molecule has 138 valence electrons. The van der Waals surface area contributed by atoms with Crippen LogP contribution in [-0.4, -0.2) is 32.1 Å². The normalized spacial score (nSPS) is 21.8. The lowest BCUT2D eigenvalue weighted by molar-refractivity contribution is -0.114. The molecule has 6 heteroatoms. The molecule has 0 saturated carbocycles. The molecule has 1 aromatic carbocycles. The Morgan fingerprint density at radius 3 is 2.46 bits per heavy atom. The number of cyclic esters (lactones) is 1. The molecule has 1 unspecified atom stereocenters. The van der Waals surface area contributed by atoms with Gasteiger partial charge in [0.2, 0.25) is 0 Å². The first-order valence-electron chi connectivity index (χ1n) is 8.15. The average Bonchev–Trinajstić information content (AvgIpc) is 2.61. The molecule has 1 aromatic rings. The molecule has 0 aliphatic carbocycles. The van der Waals surface area contributed by atoms with Gasteiger partial charge in [-0.15, -0.1) is 0 Å². The van der Waals surface area contributed by atoms with E-state index >= 15 is 0 Å². The number of esters is 1. The van der Waals surface area contributed by atoms with E-state index in [1.54, 1.807) is 25.2 Å². The van der Waals surface area contributed by atoms with Crippen molar-refractivity contribution >= 4 is 23.4 Å². The summed E-state index contributed by atoms with van der Waals surface area (Å²) in [5.41, 5.74) is 0.467. The predicted molar refractivity (Wildman–Crippen MR) is 100 cm³/mol. The fourth-order valence-electron chi connectivity index (χ4n) is 2.52. The fraction of sp³-hybridized carbons (Fsp3) is 0.300. The number of hydrogen-bond donors (Lipinski definition) is 0. The molecule has 0 bridgehead atoms. The van der Waals surface area contributed by atoms with Crippen LogP contribution in [-0.2, 0) is 16.0 Å². The van der Waals surface area contributed by atoms with Crippen LogP contribution in [0.25, 0.3) is 0 Å². The zero-order valence-corrected chi connectivity index (χ0v) is 15.7. The number of halogens is 1. The van der Waals surface area contributed by atoms with Gasteiger partial charge in [0.25, 0.3) is 0 Å². The smallest absolute Gasteiger partial charge is 0.342 e. The van der Waals surface area contributed by atoms with E-state index in [2.05, 4.69) is 0 Å². The number of rotatable bonds is 2. The highest BCUT2D eigenvalue weighted by molar-refractivity contribution is 6.33. The van der Waals surface area contributed by atoms with E-state index in [4.69, 9.17) is 25.8 Å². The van der Waals surface area contributed by atoms with Gasteiger partial charge in [0.15, 0.2) is 5.78 Å². The zero-order valence-electron chi connectivity index (χ0n) is 15.0. The van der Waals surface area contributed by atoms with Crippen LogP contribution in [0, 0.1) is 0 Å². The summed E-state index contributed by atoms with van der Waals surface area (Å²) < 4.78 is 16.1. The van der Waals surface area contributed by atoms with Crippen LogP contribution < -0.4 is 9.47 Å². The number of benzene rings is 1. The predicted octanol–water partition coefficient (Wildman–Crippen LogP) is 4.09. The number of methoxy groups -OCH3 is 2. The largest absolute Gasteiger partial charge is 0.496 e. The van der Waals surface area contributed by atoms with Crippen molar-refractivity contribution in [3.8, 4) is 11.5 Å². The minimum absolute atomic E-state index is 0.0780. The molecule has 0 N–H and O–H groups in total. The molecular formula is C20H21ClO5. The first kappa shape index (κ1) is 19.8.